The van der Waals surface area contributed by atoms with Gasteiger partial charge in [0, 0.05) is 5.69 Å². The second-order valence-corrected chi connectivity index (χ2v) is 6.92. The van der Waals surface area contributed by atoms with Gasteiger partial charge in [-0.1, -0.05) is 42.5 Å². The van der Waals surface area contributed by atoms with Gasteiger partial charge >= 0.3 is 0 Å². The molecule has 1 atom stereocenters. The third-order valence-electron chi connectivity index (χ3n) is 4.57. The Morgan fingerprint density at radius 3 is 2.24 bits per heavy atom. The highest BCUT2D eigenvalue weighted by Crippen LogP contribution is 2.27. The molecule has 0 heterocycles. The van der Waals surface area contributed by atoms with E-state index in [1.165, 1.54) is 5.56 Å². The summed E-state index contributed by atoms with van der Waals surface area (Å²) in [6, 6.07) is 26.2. The molecule has 29 heavy (non-hydrogen) atoms. The number of benzene rings is 3. The van der Waals surface area contributed by atoms with Crippen molar-refractivity contribution in [3.63, 3.8) is 0 Å². The zero-order chi connectivity index (χ0) is 20.3. The smallest absolute Gasteiger partial charge is 0.161 e. The minimum absolute atomic E-state index is 0.000197. The van der Waals surface area contributed by atoms with Crippen LogP contribution in [0.15, 0.2) is 78.9 Å². The molecule has 3 aromatic carbocycles. The molecule has 3 rings (SSSR count). The van der Waals surface area contributed by atoms with Gasteiger partial charge in [-0.15, -0.1) is 0 Å². The fraction of sp³-hybridized carbons (Fsp3) is 0.280. The minimum Gasteiger partial charge on any atom is -0.494 e. The van der Waals surface area contributed by atoms with Crippen LogP contribution in [0.3, 0.4) is 0 Å². The number of methoxy groups -OCH3 is 1. The molecule has 0 spiro atoms. The third kappa shape index (κ3) is 6.75. The van der Waals surface area contributed by atoms with Gasteiger partial charge in [-0.05, 0) is 61.7 Å². The van der Waals surface area contributed by atoms with Crippen LogP contribution < -0.4 is 19.5 Å². The van der Waals surface area contributed by atoms with Crippen LogP contribution in [0.4, 0.5) is 5.69 Å². The van der Waals surface area contributed by atoms with Gasteiger partial charge in [0.15, 0.2) is 11.5 Å². The molecule has 0 aliphatic heterocycles. The standard InChI is InChI=1S/C25H29NO3/c1-20(29-25-13-7-6-12-24(25)27-2)19-26-22-14-16-23(17-15-22)28-18-8-11-21-9-4-3-5-10-21/h3-7,9-10,12-17,20,26H,8,11,18-19H2,1-2H3. The zero-order valence-electron chi connectivity index (χ0n) is 17.1. The molecule has 4 heteroatoms. The summed E-state index contributed by atoms with van der Waals surface area (Å²) in [5.74, 6) is 2.39. The molecule has 3 aromatic rings. The fourth-order valence-corrected chi connectivity index (χ4v) is 3.02. The van der Waals surface area contributed by atoms with Gasteiger partial charge in [0.1, 0.15) is 11.9 Å². The van der Waals surface area contributed by atoms with Crippen molar-refractivity contribution >= 4 is 5.69 Å². The first kappa shape index (κ1) is 20.6. The summed E-state index contributed by atoms with van der Waals surface area (Å²) >= 11 is 0. The maximum atomic E-state index is 5.97. The summed E-state index contributed by atoms with van der Waals surface area (Å²) in [6.45, 7) is 3.43. The van der Waals surface area contributed by atoms with E-state index in [0.29, 0.717) is 13.2 Å². The molecule has 0 radical (unpaired) electrons. The molecule has 152 valence electrons. The van der Waals surface area contributed by atoms with Gasteiger partial charge in [-0.25, -0.2) is 0 Å². The van der Waals surface area contributed by atoms with Gasteiger partial charge in [-0.3, -0.25) is 0 Å². The minimum atomic E-state index is 0.000197. The summed E-state index contributed by atoms with van der Waals surface area (Å²) in [4.78, 5) is 0. The van der Waals surface area contributed by atoms with E-state index in [1.807, 2.05) is 61.5 Å². The molecule has 0 saturated carbocycles. The lowest BCUT2D eigenvalue weighted by Gasteiger charge is -2.18. The normalized spacial score (nSPS) is 11.5. The molecular formula is C25H29NO3. The van der Waals surface area contributed by atoms with Gasteiger partial charge in [0.25, 0.3) is 0 Å². The summed E-state index contributed by atoms with van der Waals surface area (Å²) in [7, 11) is 1.65. The van der Waals surface area contributed by atoms with E-state index < -0.39 is 0 Å². The van der Waals surface area contributed by atoms with Crippen molar-refractivity contribution in [1.82, 2.24) is 0 Å². The average Bonchev–Trinajstić information content (AvgIpc) is 2.77. The lowest BCUT2D eigenvalue weighted by molar-refractivity contribution is 0.223. The molecule has 4 nitrogen and oxygen atoms in total. The largest absolute Gasteiger partial charge is 0.494 e. The molecule has 0 saturated heterocycles. The summed E-state index contributed by atoms with van der Waals surface area (Å²) in [6.07, 6.45) is 2.03. The Kier molecular flexibility index (Phi) is 7.81. The van der Waals surface area contributed by atoms with E-state index in [9.17, 15) is 0 Å². The predicted octanol–water partition coefficient (Wildman–Crippen LogP) is 5.59. The Labute approximate surface area is 173 Å². The molecule has 1 unspecified atom stereocenters. The molecule has 0 aliphatic rings. The van der Waals surface area contributed by atoms with Gasteiger partial charge in [0.2, 0.25) is 0 Å². The van der Waals surface area contributed by atoms with Crippen molar-refractivity contribution in [2.45, 2.75) is 25.9 Å². The van der Waals surface area contributed by atoms with Crippen molar-refractivity contribution in [3.8, 4) is 17.2 Å². The Balaban J connectivity index is 1.38. The van der Waals surface area contributed by atoms with E-state index in [1.54, 1.807) is 7.11 Å². The van der Waals surface area contributed by atoms with Crippen molar-refractivity contribution in [3.05, 3.63) is 84.4 Å². The Bertz CT molecular complexity index is 849. The number of ether oxygens (including phenoxy) is 3. The van der Waals surface area contributed by atoms with Crippen molar-refractivity contribution in [2.24, 2.45) is 0 Å². The molecule has 0 fully saturated rings. The third-order valence-corrected chi connectivity index (χ3v) is 4.57. The number of anilines is 1. The van der Waals surface area contributed by atoms with E-state index in [-0.39, 0.29) is 6.10 Å². The number of aryl methyl sites for hydroxylation is 1. The number of para-hydroxylation sites is 2. The van der Waals surface area contributed by atoms with Gasteiger partial charge in [0.05, 0.1) is 20.3 Å². The second-order valence-electron chi connectivity index (χ2n) is 6.92. The van der Waals surface area contributed by atoms with Crippen molar-refractivity contribution < 1.29 is 14.2 Å². The molecule has 0 aromatic heterocycles. The quantitative estimate of drug-likeness (QED) is 0.433. The molecular weight excluding hydrogens is 362 g/mol. The number of hydrogen-bond donors (Lipinski definition) is 1. The second kappa shape index (κ2) is 11.0. The van der Waals surface area contributed by atoms with E-state index in [0.717, 1.165) is 35.8 Å². The Hall–Kier alpha value is -3.14. The fourth-order valence-electron chi connectivity index (χ4n) is 3.02. The highest BCUT2D eigenvalue weighted by Gasteiger charge is 2.08. The lowest BCUT2D eigenvalue weighted by Crippen LogP contribution is -2.22. The van der Waals surface area contributed by atoms with Crippen LogP contribution in [0.1, 0.15) is 18.9 Å². The van der Waals surface area contributed by atoms with E-state index in [4.69, 9.17) is 14.2 Å². The molecule has 0 aliphatic carbocycles. The lowest BCUT2D eigenvalue weighted by atomic mass is 10.1. The van der Waals surface area contributed by atoms with E-state index >= 15 is 0 Å². The maximum Gasteiger partial charge on any atom is 0.161 e. The Morgan fingerprint density at radius 2 is 1.52 bits per heavy atom. The monoisotopic (exact) mass is 391 g/mol. The SMILES string of the molecule is COc1ccccc1OC(C)CNc1ccc(OCCCc2ccccc2)cc1. The molecule has 0 bridgehead atoms. The van der Waals surface area contributed by atoms with Crippen LogP contribution in [-0.2, 0) is 6.42 Å². The number of nitrogens with one attached hydrogen (secondary N) is 1. The Morgan fingerprint density at radius 1 is 0.828 bits per heavy atom. The summed E-state index contributed by atoms with van der Waals surface area (Å²) < 4.78 is 17.1. The first-order valence-corrected chi connectivity index (χ1v) is 10.0. The predicted molar refractivity (Wildman–Crippen MR) is 118 cm³/mol. The number of rotatable bonds is 11. The first-order chi connectivity index (χ1) is 14.2. The highest BCUT2D eigenvalue weighted by atomic mass is 16.5. The molecule has 0 amide bonds. The summed E-state index contributed by atoms with van der Waals surface area (Å²) in [5.41, 5.74) is 2.39. The van der Waals surface area contributed by atoms with Gasteiger partial charge < -0.3 is 19.5 Å². The van der Waals surface area contributed by atoms with Crippen LogP contribution in [0, 0.1) is 0 Å². The van der Waals surface area contributed by atoms with Crippen molar-refractivity contribution in [2.75, 3.05) is 25.6 Å². The zero-order valence-corrected chi connectivity index (χ0v) is 17.1. The topological polar surface area (TPSA) is 39.7 Å². The summed E-state index contributed by atoms with van der Waals surface area (Å²) in [5, 5.41) is 3.40. The van der Waals surface area contributed by atoms with Crippen molar-refractivity contribution in [1.29, 1.82) is 0 Å². The first-order valence-electron chi connectivity index (χ1n) is 10.0. The van der Waals surface area contributed by atoms with Crippen LogP contribution in [-0.4, -0.2) is 26.4 Å². The maximum absolute atomic E-state index is 5.97. The highest BCUT2D eigenvalue weighted by molar-refractivity contribution is 5.46. The average molecular weight is 392 g/mol. The van der Waals surface area contributed by atoms with Crippen LogP contribution in [0.5, 0.6) is 17.2 Å². The van der Waals surface area contributed by atoms with E-state index in [2.05, 4.69) is 29.6 Å². The van der Waals surface area contributed by atoms with Crippen LogP contribution in [0.25, 0.3) is 0 Å². The van der Waals surface area contributed by atoms with Crippen LogP contribution >= 0.6 is 0 Å². The van der Waals surface area contributed by atoms with Crippen LogP contribution in [0.2, 0.25) is 0 Å². The van der Waals surface area contributed by atoms with Gasteiger partial charge in [-0.2, -0.15) is 0 Å². The molecule has 1 N–H and O–H groups in total. The number of hydrogen-bond acceptors (Lipinski definition) is 4.